The van der Waals surface area contributed by atoms with E-state index < -0.39 is 11.5 Å². The van der Waals surface area contributed by atoms with Gasteiger partial charge in [-0.15, -0.1) is 0 Å². The predicted molar refractivity (Wildman–Crippen MR) is 143 cm³/mol. The molecule has 1 atom stereocenters. The number of benzene rings is 2. The summed E-state index contributed by atoms with van der Waals surface area (Å²) in [5.41, 5.74) is 2.58. The number of hydrogen-bond acceptors (Lipinski definition) is 7. The second-order valence-electron chi connectivity index (χ2n) is 10.2. The Morgan fingerprint density at radius 1 is 1.08 bits per heavy atom. The van der Waals surface area contributed by atoms with E-state index in [9.17, 15) is 14.7 Å². The fourth-order valence-electron chi connectivity index (χ4n) is 5.29. The molecule has 0 aromatic heterocycles. The highest BCUT2D eigenvalue weighted by molar-refractivity contribution is 6.07. The molecule has 2 aromatic carbocycles. The Kier molecular flexibility index (Phi) is 7.76. The summed E-state index contributed by atoms with van der Waals surface area (Å²) < 4.78 is 11.5. The van der Waals surface area contributed by atoms with Crippen LogP contribution in [-0.2, 0) is 4.79 Å². The van der Waals surface area contributed by atoms with Gasteiger partial charge in [-0.2, -0.15) is 5.10 Å². The zero-order chi connectivity index (χ0) is 26.7. The number of phenols is 1. The number of amides is 1. The quantitative estimate of drug-likeness (QED) is 0.532. The number of carbonyl (C=O) groups is 2. The minimum atomic E-state index is -0.510. The molecule has 1 saturated heterocycles. The van der Waals surface area contributed by atoms with Crippen molar-refractivity contribution in [1.82, 2.24) is 9.91 Å². The highest BCUT2D eigenvalue weighted by Gasteiger charge is 2.47. The van der Waals surface area contributed by atoms with E-state index in [0.29, 0.717) is 56.2 Å². The highest BCUT2D eigenvalue weighted by Crippen LogP contribution is 2.40. The molecule has 0 aliphatic carbocycles. The first-order valence-electron chi connectivity index (χ1n) is 13.0. The Balaban J connectivity index is 1.55. The first-order valence-corrected chi connectivity index (χ1v) is 13.0. The number of aromatic hydroxyl groups is 1. The standard InChI is InChI=1S/C29H37N3O5/c1-6-36-24-11-9-20(16-25(24)37-7-2)27-29(4,5)26(18-33)32(30-27)21-12-14-31(15-13-21)28(35)23-17-22(34)10-8-19(23)3/h8-11,16-18,21,26,34H,6-7,12-15H2,1-5H3. The number of piperidine rings is 1. The summed E-state index contributed by atoms with van der Waals surface area (Å²) in [6, 6.07) is 10.3. The van der Waals surface area contributed by atoms with Crippen molar-refractivity contribution in [3.05, 3.63) is 53.1 Å². The van der Waals surface area contributed by atoms with Crippen molar-refractivity contribution < 1.29 is 24.2 Å². The van der Waals surface area contributed by atoms with Gasteiger partial charge in [-0.25, -0.2) is 0 Å². The van der Waals surface area contributed by atoms with Crippen LogP contribution < -0.4 is 9.47 Å². The van der Waals surface area contributed by atoms with E-state index in [1.54, 1.807) is 12.1 Å². The molecule has 2 aliphatic rings. The second-order valence-corrected chi connectivity index (χ2v) is 10.2. The Bertz CT molecular complexity index is 1180. The monoisotopic (exact) mass is 507 g/mol. The van der Waals surface area contributed by atoms with Gasteiger partial charge in [-0.1, -0.05) is 19.9 Å². The summed E-state index contributed by atoms with van der Waals surface area (Å²) in [4.78, 5) is 27.3. The van der Waals surface area contributed by atoms with Crippen LogP contribution in [0.1, 0.15) is 62.0 Å². The van der Waals surface area contributed by atoms with Crippen LogP contribution in [0.5, 0.6) is 17.2 Å². The maximum atomic E-state index is 13.1. The van der Waals surface area contributed by atoms with Gasteiger partial charge in [0, 0.05) is 29.6 Å². The van der Waals surface area contributed by atoms with Gasteiger partial charge in [-0.3, -0.25) is 9.80 Å². The number of aldehydes is 1. The normalized spacial score (nSPS) is 19.5. The summed E-state index contributed by atoms with van der Waals surface area (Å²) in [5, 5.41) is 16.8. The van der Waals surface area contributed by atoms with Gasteiger partial charge in [0.05, 0.1) is 25.0 Å². The molecule has 4 rings (SSSR count). The molecule has 2 heterocycles. The average Bonchev–Trinajstić information content (AvgIpc) is 3.16. The number of likely N-dealkylation sites (tertiary alicyclic amines) is 1. The van der Waals surface area contributed by atoms with Crippen molar-refractivity contribution in [3.63, 3.8) is 0 Å². The van der Waals surface area contributed by atoms with E-state index in [0.717, 1.165) is 23.1 Å². The van der Waals surface area contributed by atoms with Crippen molar-refractivity contribution >= 4 is 17.9 Å². The lowest BCUT2D eigenvalue weighted by Gasteiger charge is -2.39. The van der Waals surface area contributed by atoms with Gasteiger partial charge in [0.15, 0.2) is 11.5 Å². The van der Waals surface area contributed by atoms with Gasteiger partial charge in [0.25, 0.3) is 5.91 Å². The fraction of sp³-hybridized carbons (Fsp3) is 0.483. The van der Waals surface area contributed by atoms with Gasteiger partial charge in [0.1, 0.15) is 18.1 Å². The maximum absolute atomic E-state index is 13.1. The summed E-state index contributed by atoms with van der Waals surface area (Å²) in [6.45, 7) is 12.0. The number of ether oxygens (including phenoxy) is 2. The number of aryl methyl sites for hydroxylation is 1. The Morgan fingerprint density at radius 2 is 1.76 bits per heavy atom. The molecule has 8 nitrogen and oxygen atoms in total. The highest BCUT2D eigenvalue weighted by atomic mass is 16.5. The van der Waals surface area contributed by atoms with Gasteiger partial charge in [0.2, 0.25) is 0 Å². The van der Waals surface area contributed by atoms with E-state index in [-0.39, 0.29) is 17.7 Å². The number of hydrazone groups is 1. The molecule has 1 amide bonds. The lowest BCUT2D eigenvalue weighted by Crippen LogP contribution is -2.50. The van der Waals surface area contributed by atoms with Crippen LogP contribution >= 0.6 is 0 Å². The van der Waals surface area contributed by atoms with Crippen LogP contribution in [0, 0.1) is 12.3 Å². The third-order valence-electron chi connectivity index (χ3n) is 7.37. The molecule has 1 N–H and O–H groups in total. The summed E-state index contributed by atoms with van der Waals surface area (Å²) in [5.74, 6) is 1.35. The van der Waals surface area contributed by atoms with Crippen LogP contribution in [0.25, 0.3) is 0 Å². The molecule has 2 aliphatic heterocycles. The zero-order valence-corrected chi connectivity index (χ0v) is 22.4. The Morgan fingerprint density at radius 3 is 2.41 bits per heavy atom. The van der Waals surface area contributed by atoms with Gasteiger partial charge in [-0.05, 0) is 69.5 Å². The minimum absolute atomic E-state index is 0.0374. The summed E-state index contributed by atoms with van der Waals surface area (Å²) in [7, 11) is 0. The molecular weight excluding hydrogens is 470 g/mol. The third-order valence-corrected chi connectivity index (χ3v) is 7.37. The fourth-order valence-corrected chi connectivity index (χ4v) is 5.29. The smallest absolute Gasteiger partial charge is 0.254 e. The minimum Gasteiger partial charge on any atom is -0.508 e. The molecule has 0 saturated carbocycles. The summed E-state index contributed by atoms with van der Waals surface area (Å²) in [6.07, 6.45) is 2.39. The first-order chi connectivity index (χ1) is 17.7. The number of rotatable bonds is 8. The average molecular weight is 508 g/mol. The van der Waals surface area contributed by atoms with E-state index in [1.165, 1.54) is 6.07 Å². The molecule has 0 bridgehead atoms. The van der Waals surface area contributed by atoms with Crippen LogP contribution in [0.3, 0.4) is 0 Å². The molecule has 8 heteroatoms. The van der Waals surface area contributed by atoms with Gasteiger partial charge >= 0.3 is 0 Å². The van der Waals surface area contributed by atoms with Crippen molar-refractivity contribution in [2.75, 3.05) is 26.3 Å². The van der Waals surface area contributed by atoms with Crippen LogP contribution in [0.4, 0.5) is 0 Å². The van der Waals surface area contributed by atoms with Crippen molar-refractivity contribution in [2.45, 2.75) is 59.5 Å². The number of hydrogen-bond donors (Lipinski definition) is 1. The molecule has 2 aromatic rings. The molecule has 198 valence electrons. The first kappa shape index (κ1) is 26.5. The molecule has 1 fully saturated rings. The largest absolute Gasteiger partial charge is 0.508 e. The Labute approximate surface area is 218 Å². The van der Waals surface area contributed by atoms with E-state index in [2.05, 4.69) is 0 Å². The number of nitrogens with zero attached hydrogens (tertiary/aromatic N) is 3. The van der Waals surface area contributed by atoms with Crippen LogP contribution in [-0.4, -0.2) is 71.3 Å². The lowest BCUT2D eigenvalue weighted by molar-refractivity contribution is -0.115. The number of phenolic OH excluding ortho intramolecular Hbond substituents is 1. The maximum Gasteiger partial charge on any atom is 0.254 e. The predicted octanol–water partition coefficient (Wildman–Crippen LogP) is 4.42. The van der Waals surface area contributed by atoms with Gasteiger partial charge < -0.3 is 24.3 Å². The van der Waals surface area contributed by atoms with Crippen molar-refractivity contribution in [2.24, 2.45) is 10.5 Å². The lowest BCUT2D eigenvalue weighted by atomic mass is 9.78. The van der Waals surface area contributed by atoms with Crippen molar-refractivity contribution in [1.29, 1.82) is 0 Å². The molecular formula is C29H37N3O5. The topological polar surface area (TPSA) is 91.7 Å². The number of carbonyl (C=O) groups excluding carboxylic acids is 2. The molecule has 1 unspecified atom stereocenters. The zero-order valence-electron chi connectivity index (χ0n) is 22.4. The molecule has 0 spiro atoms. The second kappa shape index (κ2) is 10.8. The summed E-state index contributed by atoms with van der Waals surface area (Å²) >= 11 is 0. The van der Waals surface area contributed by atoms with E-state index in [4.69, 9.17) is 14.6 Å². The Hall–Kier alpha value is -3.55. The molecule has 0 radical (unpaired) electrons. The van der Waals surface area contributed by atoms with E-state index in [1.807, 2.05) is 62.7 Å². The molecule has 37 heavy (non-hydrogen) atoms. The van der Waals surface area contributed by atoms with Crippen molar-refractivity contribution in [3.8, 4) is 17.2 Å². The third kappa shape index (κ3) is 5.15. The van der Waals surface area contributed by atoms with E-state index >= 15 is 0 Å². The SMILES string of the molecule is CCOc1ccc(C2=NN(C3CCN(C(=O)c4cc(O)ccc4C)CC3)C(C=O)C2(C)C)cc1OCC. The van der Waals surface area contributed by atoms with Crippen LogP contribution in [0.2, 0.25) is 0 Å². The van der Waals surface area contributed by atoms with Crippen LogP contribution in [0.15, 0.2) is 41.5 Å².